The third-order valence-corrected chi connectivity index (χ3v) is 3.36. The maximum atomic E-state index is 9.21. The Morgan fingerprint density at radius 1 is 1.05 bits per heavy atom. The summed E-state index contributed by atoms with van der Waals surface area (Å²) in [6.07, 6.45) is 9.43. The molecule has 0 saturated carbocycles. The van der Waals surface area contributed by atoms with E-state index in [0.717, 1.165) is 6.42 Å². The molecule has 1 heterocycles. The Bertz CT molecular complexity index is 353. The zero-order valence-electron chi connectivity index (χ0n) is 12.2. The lowest BCUT2D eigenvalue weighted by Crippen LogP contribution is -1.98. The number of hydrogen-bond donors (Lipinski definition) is 1. The van der Waals surface area contributed by atoms with Gasteiger partial charge < -0.3 is 9.84 Å². The molecule has 0 aliphatic carbocycles. The Kier molecular flexibility index (Phi) is 8.39. The van der Waals surface area contributed by atoms with Crippen LogP contribution in [0.4, 0.5) is 0 Å². The number of aliphatic hydroxyl groups excluding tert-OH is 1. The van der Waals surface area contributed by atoms with E-state index in [-0.39, 0.29) is 0 Å². The van der Waals surface area contributed by atoms with E-state index >= 15 is 0 Å². The Labute approximate surface area is 117 Å². The lowest BCUT2D eigenvalue weighted by molar-refractivity contribution is 0.228. The first-order valence-electron chi connectivity index (χ1n) is 7.59. The van der Waals surface area contributed by atoms with E-state index < -0.39 is 6.10 Å². The monoisotopic (exact) mass is 262 g/mol. The molecule has 0 amide bonds. The number of epoxide rings is 1. The second kappa shape index (κ2) is 9.90. The molecular formula is C17H26O2. The molecule has 19 heavy (non-hydrogen) atoms. The highest BCUT2D eigenvalue weighted by Crippen LogP contribution is 2.29. The summed E-state index contributed by atoms with van der Waals surface area (Å²) in [6, 6.07) is 0. The summed E-state index contributed by atoms with van der Waals surface area (Å²) in [5, 5.41) is 9.21. The lowest BCUT2D eigenvalue weighted by Gasteiger charge is -1.96. The van der Waals surface area contributed by atoms with Gasteiger partial charge in [-0.3, -0.25) is 0 Å². The zero-order chi connectivity index (χ0) is 13.9. The fraction of sp³-hybridized carbons (Fsp3) is 0.765. The molecule has 3 unspecified atom stereocenters. The van der Waals surface area contributed by atoms with E-state index in [4.69, 9.17) is 4.74 Å². The SMILES string of the molecule is CCCCCCCC1OC1CC#CC#CC(O)CC. The van der Waals surface area contributed by atoms with Crippen LogP contribution in [-0.2, 0) is 4.74 Å². The number of hydrogen-bond acceptors (Lipinski definition) is 2. The van der Waals surface area contributed by atoms with Gasteiger partial charge in [0.25, 0.3) is 0 Å². The molecule has 0 spiro atoms. The molecule has 1 fully saturated rings. The van der Waals surface area contributed by atoms with Gasteiger partial charge in [0.1, 0.15) is 6.10 Å². The van der Waals surface area contributed by atoms with Crippen molar-refractivity contribution in [3.05, 3.63) is 0 Å². The quantitative estimate of drug-likeness (QED) is 0.413. The standard InChI is InChI=1S/C17H26O2/c1-3-5-6-7-10-13-16-17(19-16)14-11-8-9-12-15(18)4-2/h15-18H,3-7,10,13-14H2,1-2H3. The summed E-state index contributed by atoms with van der Waals surface area (Å²) >= 11 is 0. The normalized spacial score (nSPS) is 21.8. The lowest BCUT2D eigenvalue weighted by atomic mass is 10.1. The third-order valence-electron chi connectivity index (χ3n) is 3.36. The highest BCUT2D eigenvalue weighted by atomic mass is 16.6. The third kappa shape index (κ3) is 7.93. The molecule has 0 bridgehead atoms. The van der Waals surface area contributed by atoms with Crippen molar-refractivity contribution in [3.63, 3.8) is 0 Å². The van der Waals surface area contributed by atoms with Crippen molar-refractivity contribution >= 4 is 0 Å². The van der Waals surface area contributed by atoms with Crippen molar-refractivity contribution in [2.75, 3.05) is 0 Å². The molecule has 0 radical (unpaired) electrons. The van der Waals surface area contributed by atoms with E-state index in [1.54, 1.807) is 0 Å². The van der Waals surface area contributed by atoms with Crippen molar-refractivity contribution in [1.82, 2.24) is 0 Å². The van der Waals surface area contributed by atoms with E-state index in [0.29, 0.717) is 18.6 Å². The highest BCUT2D eigenvalue weighted by Gasteiger charge is 2.36. The number of unbranched alkanes of at least 4 members (excludes halogenated alkanes) is 4. The smallest absolute Gasteiger partial charge is 0.115 e. The van der Waals surface area contributed by atoms with Crippen LogP contribution < -0.4 is 0 Å². The van der Waals surface area contributed by atoms with Crippen LogP contribution in [0.3, 0.4) is 0 Å². The van der Waals surface area contributed by atoms with Crippen molar-refractivity contribution in [1.29, 1.82) is 0 Å². The summed E-state index contributed by atoms with van der Waals surface area (Å²) in [6.45, 7) is 4.14. The minimum absolute atomic E-state index is 0.330. The van der Waals surface area contributed by atoms with Gasteiger partial charge in [-0.2, -0.15) is 0 Å². The van der Waals surface area contributed by atoms with Gasteiger partial charge in [0.2, 0.25) is 0 Å². The Morgan fingerprint density at radius 2 is 1.84 bits per heavy atom. The van der Waals surface area contributed by atoms with Crippen LogP contribution in [-0.4, -0.2) is 23.4 Å². The van der Waals surface area contributed by atoms with Gasteiger partial charge in [-0.25, -0.2) is 0 Å². The summed E-state index contributed by atoms with van der Waals surface area (Å²) in [4.78, 5) is 0. The molecule has 1 aliphatic heterocycles. The largest absolute Gasteiger partial charge is 0.380 e. The van der Waals surface area contributed by atoms with E-state index in [1.165, 1.54) is 38.5 Å². The Balaban J connectivity index is 2.01. The summed E-state index contributed by atoms with van der Waals surface area (Å²) < 4.78 is 5.57. The molecule has 1 saturated heterocycles. The van der Waals surface area contributed by atoms with Crippen LogP contribution in [0, 0.1) is 23.7 Å². The second-order valence-corrected chi connectivity index (χ2v) is 5.12. The molecule has 1 rings (SSSR count). The second-order valence-electron chi connectivity index (χ2n) is 5.12. The minimum atomic E-state index is -0.539. The fourth-order valence-electron chi connectivity index (χ4n) is 1.98. The predicted molar refractivity (Wildman–Crippen MR) is 78.5 cm³/mol. The van der Waals surface area contributed by atoms with Crippen LogP contribution in [0.5, 0.6) is 0 Å². The van der Waals surface area contributed by atoms with Gasteiger partial charge in [-0.1, -0.05) is 57.8 Å². The molecule has 0 aromatic carbocycles. The average molecular weight is 262 g/mol. The maximum Gasteiger partial charge on any atom is 0.115 e. The van der Waals surface area contributed by atoms with Gasteiger partial charge in [0.15, 0.2) is 0 Å². The van der Waals surface area contributed by atoms with Gasteiger partial charge in [-0.05, 0) is 24.7 Å². The zero-order valence-corrected chi connectivity index (χ0v) is 12.2. The fourth-order valence-corrected chi connectivity index (χ4v) is 1.98. The van der Waals surface area contributed by atoms with Gasteiger partial charge in [0, 0.05) is 6.42 Å². The van der Waals surface area contributed by atoms with Crippen LogP contribution >= 0.6 is 0 Å². The predicted octanol–water partition coefficient (Wildman–Crippen LogP) is 3.28. The molecule has 1 N–H and O–H groups in total. The van der Waals surface area contributed by atoms with Gasteiger partial charge in [-0.15, -0.1) is 0 Å². The summed E-state index contributed by atoms with van der Waals surface area (Å²) in [5.74, 6) is 11.1. The van der Waals surface area contributed by atoms with E-state index in [2.05, 4.69) is 30.6 Å². The van der Waals surface area contributed by atoms with E-state index in [9.17, 15) is 5.11 Å². The van der Waals surface area contributed by atoms with Crippen LogP contribution in [0.25, 0.3) is 0 Å². The van der Waals surface area contributed by atoms with Crippen molar-refractivity contribution in [2.45, 2.75) is 83.5 Å². The number of rotatable bonds is 8. The minimum Gasteiger partial charge on any atom is -0.380 e. The first-order chi connectivity index (χ1) is 9.27. The highest BCUT2D eigenvalue weighted by molar-refractivity contribution is 5.27. The maximum absolute atomic E-state index is 9.21. The molecule has 106 valence electrons. The van der Waals surface area contributed by atoms with E-state index in [1.807, 2.05) is 6.92 Å². The topological polar surface area (TPSA) is 32.8 Å². The van der Waals surface area contributed by atoms with Crippen molar-refractivity contribution in [3.8, 4) is 23.7 Å². The molecule has 2 nitrogen and oxygen atoms in total. The Morgan fingerprint density at radius 3 is 2.58 bits per heavy atom. The van der Waals surface area contributed by atoms with Crippen LogP contribution in [0.1, 0.15) is 65.2 Å². The van der Waals surface area contributed by atoms with Gasteiger partial charge in [0.05, 0.1) is 12.2 Å². The summed E-state index contributed by atoms with van der Waals surface area (Å²) in [5.41, 5.74) is 0. The molecule has 0 aromatic rings. The van der Waals surface area contributed by atoms with Crippen LogP contribution in [0.2, 0.25) is 0 Å². The summed E-state index contributed by atoms with van der Waals surface area (Å²) in [7, 11) is 0. The molecule has 0 aromatic heterocycles. The molecular weight excluding hydrogens is 236 g/mol. The first kappa shape index (κ1) is 16.1. The molecule has 2 heteroatoms. The first-order valence-corrected chi connectivity index (χ1v) is 7.59. The number of aliphatic hydroxyl groups is 1. The van der Waals surface area contributed by atoms with Crippen LogP contribution in [0.15, 0.2) is 0 Å². The van der Waals surface area contributed by atoms with Crippen molar-refractivity contribution in [2.24, 2.45) is 0 Å². The number of ether oxygens (including phenoxy) is 1. The molecule has 1 aliphatic rings. The van der Waals surface area contributed by atoms with Gasteiger partial charge >= 0.3 is 0 Å². The molecule has 3 atom stereocenters. The van der Waals surface area contributed by atoms with Crippen molar-refractivity contribution < 1.29 is 9.84 Å². The average Bonchev–Trinajstić information content (AvgIpc) is 3.16. The Hall–Kier alpha value is -0.960.